The molecule has 9 nitrogen and oxygen atoms in total. The minimum absolute atomic E-state index is 0.0194. The molecule has 1 aliphatic heterocycles. The number of aliphatic hydroxyl groups is 4. The molecular formula is C27H34N2O7. The largest absolute Gasteiger partial charge is 0.512 e. The first-order valence-corrected chi connectivity index (χ1v) is 12.8. The van der Waals surface area contributed by atoms with Gasteiger partial charge in [-0.15, -0.1) is 0 Å². The SMILES string of the molecule is NC(=O)C1=C(O)CC2CC3Cc4ccc(CN5CCCCC5)c(O)c4C(=O)C3=C(O)C2[C@]1(O)CCO. The Kier molecular flexibility index (Phi) is 6.34. The lowest BCUT2D eigenvalue weighted by molar-refractivity contribution is -0.121. The van der Waals surface area contributed by atoms with E-state index in [4.69, 9.17) is 5.73 Å². The van der Waals surface area contributed by atoms with Crippen LogP contribution in [-0.2, 0) is 17.8 Å². The molecule has 36 heavy (non-hydrogen) atoms. The number of allylic oxidation sites excluding steroid dienone is 2. The number of Topliss-reactive ketones (excluding diaryl/α,β-unsaturated/α-hetero) is 1. The van der Waals surface area contributed by atoms with E-state index in [-0.39, 0.29) is 47.2 Å². The third kappa shape index (κ3) is 3.81. The van der Waals surface area contributed by atoms with Gasteiger partial charge in [0.15, 0.2) is 5.78 Å². The first kappa shape index (κ1) is 24.8. The Labute approximate surface area is 209 Å². The highest BCUT2D eigenvalue weighted by Crippen LogP contribution is 2.54. The van der Waals surface area contributed by atoms with Gasteiger partial charge in [-0.05, 0) is 56.2 Å². The number of benzene rings is 1. The Morgan fingerprint density at radius 2 is 1.83 bits per heavy atom. The van der Waals surface area contributed by atoms with Crippen molar-refractivity contribution in [1.82, 2.24) is 4.90 Å². The van der Waals surface area contributed by atoms with Crippen molar-refractivity contribution in [1.29, 1.82) is 0 Å². The number of aromatic hydroxyl groups is 1. The summed E-state index contributed by atoms with van der Waals surface area (Å²) < 4.78 is 0. The van der Waals surface area contributed by atoms with Crippen LogP contribution in [-0.4, -0.2) is 67.4 Å². The third-order valence-corrected chi connectivity index (χ3v) is 8.60. The lowest BCUT2D eigenvalue weighted by Gasteiger charge is -2.49. The average molecular weight is 499 g/mol. The summed E-state index contributed by atoms with van der Waals surface area (Å²) in [5, 5.41) is 54.3. The van der Waals surface area contributed by atoms with Gasteiger partial charge in [0.05, 0.1) is 17.1 Å². The first-order valence-electron chi connectivity index (χ1n) is 12.8. The Morgan fingerprint density at radius 1 is 1.11 bits per heavy atom. The molecule has 1 fully saturated rings. The van der Waals surface area contributed by atoms with Crippen molar-refractivity contribution in [2.75, 3.05) is 19.7 Å². The maximum atomic E-state index is 13.8. The summed E-state index contributed by atoms with van der Waals surface area (Å²) in [5.41, 5.74) is 4.58. The molecule has 7 N–H and O–H groups in total. The Morgan fingerprint density at radius 3 is 2.50 bits per heavy atom. The van der Waals surface area contributed by atoms with Crippen molar-refractivity contribution >= 4 is 11.7 Å². The fourth-order valence-electron chi connectivity index (χ4n) is 7.07. The van der Waals surface area contributed by atoms with Gasteiger partial charge in [0.25, 0.3) is 5.91 Å². The number of rotatable bonds is 5. The molecule has 1 aromatic rings. The molecule has 0 aromatic heterocycles. The monoisotopic (exact) mass is 498 g/mol. The van der Waals surface area contributed by atoms with Crippen molar-refractivity contribution < 1.29 is 35.1 Å². The number of phenolic OH excluding ortho intramolecular Hbond substituents is 1. The number of phenols is 1. The second-order valence-corrected chi connectivity index (χ2v) is 10.7. The van der Waals surface area contributed by atoms with E-state index in [2.05, 4.69) is 4.90 Å². The number of amides is 1. The second-order valence-electron chi connectivity index (χ2n) is 10.7. The predicted octanol–water partition coefficient (Wildman–Crippen LogP) is 2.00. The van der Waals surface area contributed by atoms with Gasteiger partial charge in [-0.3, -0.25) is 14.5 Å². The summed E-state index contributed by atoms with van der Waals surface area (Å²) >= 11 is 0. The zero-order valence-electron chi connectivity index (χ0n) is 20.2. The fourth-order valence-corrected chi connectivity index (χ4v) is 7.07. The zero-order valence-corrected chi connectivity index (χ0v) is 20.2. The number of hydrogen-bond donors (Lipinski definition) is 6. The molecule has 0 saturated carbocycles. The number of ketones is 1. The van der Waals surface area contributed by atoms with E-state index in [1.54, 1.807) is 0 Å². The molecule has 3 aliphatic carbocycles. The highest BCUT2D eigenvalue weighted by Gasteiger charge is 2.57. The molecule has 1 saturated heterocycles. The Bertz CT molecular complexity index is 1170. The lowest BCUT2D eigenvalue weighted by atomic mass is 9.57. The standard InChI is InChI=1S/C27H34N2O7/c28-26(35)22-18(31)12-17-11-16-10-14-4-5-15(13-29-7-2-1-3-8-29)23(32)19(14)24(33)20(16)25(34)21(17)27(22,36)6-9-30/h4-5,16-17,21,30-32,34,36H,1-3,6-13H2,(H2,28,35)/t16?,17?,21?,27-/m1/s1. The third-order valence-electron chi connectivity index (χ3n) is 8.60. The average Bonchev–Trinajstić information content (AvgIpc) is 2.80. The number of aliphatic hydroxyl groups excluding tert-OH is 3. The van der Waals surface area contributed by atoms with Crippen LogP contribution in [0, 0.1) is 17.8 Å². The molecule has 9 heteroatoms. The van der Waals surface area contributed by atoms with Gasteiger partial charge in [0, 0.05) is 37.1 Å². The molecule has 4 atom stereocenters. The van der Waals surface area contributed by atoms with Crippen LogP contribution < -0.4 is 5.73 Å². The molecule has 3 unspecified atom stereocenters. The van der Waals surface area contributed by atoms with Crippen LogP contribution in [0.25, 0.3) is 0 Å². The normalized spacial score (nSPS) is 30.6. The van der Waals surface area contributed by atoms with Gasteiger partial charge in [0.1, 0.15) is 22.9 Å². The topological polar surface area (TPSA) is 165 Å². The number of hydrogen-bond acceptors (Lipinski definition) is 8. The summed E-state index contributed by atoms with van der Waals surface area (Å²) in [6.45, 7) is 1.89. The Hall–Kier alpha value is -2.88. The lowest BCUT2D eigenvalue weighted by Crippen LogP contribution is -2.54. The molecule has 4 aliphatic rings. The summed E-state index contributed by atoms with van der Waals surface area (Å²) in [7, 11) is 0. The van der Waals surface area contributed by atoms with E-state index >= 15 is 0 Å². The number of fused-ring (bicyclic) bond motifs is 3. The zero-order chi connectivity index (χ0) is 25.8. The molecule has 1 aromatic carbocycles. The number of carbonyl (C=O) groups is 2. The maximum Gasteiger partial charge on any atom is 0.250 e. The van der Waals surface area contributed by atoms with Crippen LogP contribution in [0.3, 0.4) is 0 Å². The number of nitrogens with two attached hydrogens (primary N) is 1. The summed E-state index contributed by atoms with van der Waals surface area (Å²) in [6.07, 6.45) is 3.88. The van der Waals surface area contributed by atoms with Crippen molar-refractivity contribution in [3.05, 3.63) is 51.5 Å². The number of piperidine rings is 1. The molecule has 1 amide bonds. The van der Waals surface area contributed by atoms with E-state index in [0.717, 1.165) is 25.9 Å². The quantitative estimate of drug-likeness (QED) is 0.359. The number of carbonyl (C=O) groups excluding carboxylic acids is 2. The van der Waals surface area contributed by atoms with Gasteiger partial charge in [-0.2, -0.15) is 0 Å². The van der Waals surface area contributed by atoms with Gasteiger partial charge in [-0.1, -0.05) is 18.6 Å². The van der Waals surface area contributed by atoms with E-state index < -0.39 is 41.3 Å². The van der Waals surface area contributed by atoms with E-state index in [9.17, 15) is 35.1 Å². The molecule has 1 heterocycles. The molecule has 5 rings (SSSR count). The summed E-state index contributed by atoms with van der Waals surface area (Å²) in [6, 6.07) is 3.74. The molecule has 0 radical (unpaired) electrons. The fraction of sp³-hybridized carbons (Fsp3) is 0.556. The van der Waals surface area contributed by atoms with E-state index in [0.29, 0.717) is 30.5 Å². The van der Waals surface area contributed by atoms with Crippen LogP contribution in [0.2, 0.25) is 0 Å². The van der Waals surface area contributed by atoms with Gasteiger partial charge >= 0.3 is 0 Å². The van der Waals surface area contributed by atoms with Crippen LogP contribution in [0.15, 0.2) is 34.8 Å². The highest BCUT2D eigenvalue weighted by molar-refractivity contribution is 6.13. The minimum atomic E-state index is -2.12. The smallest absolute Gasteiger partial charge is 0.250 e. The number of nitrogens with zero attached hydrogens (tertiary/aromatic N) is 1. The van der Waals surface area contributed by atoms with Gasteiger partial charge < -0.3 is 31.3 Å². The first-order chi connectivity index (χ1) is 17.2. The van der Waals surface area contributed by atoms with Crippen molar-refractivity contribution in [3.8, 4) is 5.75 Å². The van der Waals surface area contributed by atoms with Crippen molar-refractivity contribution in [3.63, 3.8) is 0 Å². The van der Waals surface area contributed by atoms with Gasteiger partial charge in [-0.25, -0.2) is 0 Å². The second kappa shape index (κ2) is 9.21. The highest BCUT2D eigenvalue weighted by atomic mass is 16.3. The number of primary amides is 1. The van der Waals surface area contributed by atoms with Crippen LogP contribution in [0.1, 0.15) is 60.0 Å². The van der Waals surface area contributed by atoms with Crippen LogP contribution in [0.4, 0.5) is 0 Å². The summed E-state index contributed by atoms with van der Waals surface area (Å²) in [5.74, 6) is -4.21. The molecule has 194 valence electrons. The maximum absolute atomic E-state index is 13.8. The molecular weight excluding hydrogens is 464 g/mol. The van der Waals surface area contributed by atoms with Crippen LogP contribution >= 0.6 is 0 Å². The predicted molar refractivity (Wildman–Crippen MR) is 130 cm³/mol. The van der Waals surface area contributed by atoms with Crippen LogP contribution in [0.5, 0.6) is 5.75 Å². The molecule has 0 bridgehead atoms. The van der Waals surface area contributed by atoms with Gasteiger partial charge in [0.2, 0.25) is 0 Å². The Balaban J connectivity index is 1.56. The summed E-state index contributed by atoms with van der Waals surface area (Å²) in [4.78, 5) is 28.2. The van der Waals surface area contributed by atoms with Crippen molar-refractivity contribution in [2.24, 2.45) is 23.5 Å². The van der Waals surface area contributed by atoms with E-state index in [1.165, 1.54) is 6.42 Å². The van der Waals surface area contributed by atoms with E-state index in [1.807, 2.05) is 12.1 Å². The van der Waals surface area contributed by atoms with Crippen molar-refractivity contribution in [2.45, 2.75) is 57.1 Å². The minimum Gasteiger partial charge on any atom is -0.512 e. The molecule has 0 spiro atoms. The number of likely N-dealkylation sites (tertiary alicyclic amines) is 1.